The van der Waals surface area contributed by atoms with Crippen LogP contribution in [0.25, 0.3) is 0 Å². The van der Waals surface area contributed by atoms with Crippen LogP contribution in [0, 0.1) is 0 Å². The number of ether oxygens (including phenoxy) is 2. The minimum Gasteiger partial charge on any atom is -0.486 e. The Morgan fingerprint density at radius 2 is 1.70 bits per heavy atom. The molecule has 33 heavy (non-hydrogen) atoms. The number of sulfonamides is 1. The summed E-state index contributed by atoms with van der Waals surface area (Å²) in [4.78, 5) is 12.6. The van der Waals surface area contributed by atoms with Gasteiger partial charge in [-0.1, -0.05) is 35.9 Å². The summed E-state index contributed by atoms with van der Waals surface area (Å²) >= 11 is 5.92. The number of carbonyl (C=O) groups is 1. The number of nitrogens with one attached hydrogen (secondary N) is 1. The lowest BCUT2D eigenvalue weighted by molar-refractivity contribution is 0.0789. The van der Waals surface area contributed by atoms with Gasteiger partial charge in [0.15, 0.2) is 11.5 Å². The maximum atomic E-state index is 12.6. The number of benzene rings is 3. The van der Waals surface area contributed by atoms with Crippen LogP contribution in [0.5, 0.6) is 11.5 Å². The number of nitrogens with zero attached hydrogens (tertiary/aromatic N) is 1. The van der Waals surface area contributed by atoms with Gasteiger partial charge in [0.25, 0.3) is 5.91 Å². The molecule has 7 nitrogen and oxygen atoms in total. The smallest absolute Gasteiger partial charge is 0.251 e. The first-order valence-electron chi connectivity index (χ1n) is 10.3. The molecule has 1 aliphatic rings. The van der Waals surface area contributed by atoms with Crippen LogP contribution in [-0.4, -0.2) is 39.8 Å². The second-order valence-corrected chi connectivity index (χ2v) is 9.99. The van der Waals surface area contributed by atoms with Gasteiger partial charge in [-0.25, -0.2) is 8.42 Å². The van der Waals surface area contributed by atoms with Crippen molar-refractivity contribution < 1.29 is 22.7 Å². The lowest BCUT2D eigenvalue weighted by atomic mass is 10.1. The molecule has 1 amide bonds. The minimum atomic E-state index is -3.54. The van der Waals surface area contributed by atoms with Crippen LogP contribution in [0.15, 0.2) is 72.8 Å². The third kappa shape index (κ3) is 5.77. The van der Waals surface area contributed by atoms with E-state index in [1.165, 1.54) is 4.31 Å². The summed E-state index contributed by atoms with van der Waals surface area (Å²) in [6.45, 7) is 0.771. The predicted octanol–water partition coefficient (Wildman–Crippen LogP) is 3.88. The third-order valence-electron chi connectivity index (χ3n) is 5.12. The standard InChI is InChI=1S/C24H23ClN2O5S/c1-33(29,30)27(15-17-6-10-19(25)11-7-17)20-12-8-18(9-13-20)24(28)26-14-21-16-31-22-4-2-3-5-23(22)32-21/h2-13,21H,14-16H2,1H3,(H,26,28)/t21-/m1/s1. The zero-order valence-corrected chi connectivity index (χ0v) is 19.5. The summed E-state index contributed by atoms with van der Waals surface area (Å²) in [6.07, 6.45) is 0.844. The molecule has 9 heteroatoms. The van der Waals surface area contributed by atoms with Crippen LogP contribution in [-0.2, 0) is 16.6 Å². The van der Waals surface area contributed by atoms with Gasteiger partial charge in [-0.3, -0.25) is 9.10 Å². The molecule has 0 aliphatic carbocycles. The number of carbonyl (C=O) groups excluding carboxylic acids is 1. The lowest BCUT2D eigenvalue weighted by Gasteiger charge is -2.26. The van der Waals surface area contributed by atoms with Gasteiger partial charge in [-0.15, -0.1) is 0 Å². The fourth-order valence-electron chi connectivity index (χ4n) is 3.41. The maximum Gasteiger partial charge on any atom is 0.251 e. The largest absolute Gasteiger partial charge is 0.486 e. The minimum absolute atomic E-state index is 0.155. The van der Waals surface area contributed by atoms with Crippen LogP contribution in [0.2, 0.25) is 5.02 Å². The number of hydrogen-bond acceptors (Lipinski definition) is 5. The molecule has 0 radical (unpaired) electrons. The molecule has 3 aromatic rings. The number of halogens is 1. The fraction of sp³-hybridized carbons (Fsp3) is 0.208. The molecule has 1 atom stereocenters. The number of anilines is 1. The Bertz CT molecular complexity index is 1230. The number of fused-ring (bicyclic) bond motifs is 1. The zero-order valence-electron chi connectivity index (χ0n) is 17.9. The molecular formula is C24H23ClN2O5S. The second-order valence-electron chi connectivity index (χ2n) is 7.65. The van der Waals surface area contributed by atoms with E-state index >= 15 is 0 Å². The number of amides is 1. The Balaban J connectivity index is 1.40. The van der Waals surface area contributed by atoms with Gasteiger partial charge in [-0.05, 0) is 54.1 Å². The van der Waals surface area contributed by atoms with E-state index in [-0.39, 0.29) is 25.1 Å². The van der Waals surface area contributed by atoms with E-state index in [4.69, 9.17) is 21.1 Å². The highest BCUT2D eigenvalue weighted by molar-refractivity contribution is 7.92. The van der Waals surface area contributed by atoms with Gasteiger partial charge < -0.3 is 14.8 Å². The van der Waals surface area contributed by atoms with E-state index in [0.717, 1.165) is 11.8 Å². The Morgan fingerprint density at radius 3 is 2.36 bits per heavy atom. The number of rotatable bonds is 7. The van der Waals surface area contributed by atoms with Gasteiger partial charge in [0.1, 0.15) is 12.7 Å². The monoisotopic (exact) mass is 486 g/mol. The lowest BCUT2D eigenvalue weighted by Crippen LogP contribution is -2.40. The molecule has 0 saturated carbocycles. The molecule has 3 aromatic carbocycles. The molecule has 0 bridgehead atoms. The highest BCUT2D eigenvalue weighted by Crippen LogP contribution is 2.30. The molecular weight excluding hydrogens is 464 g/mol. The van der Waals surface area contributed by atoms with Crippen molar-refractivity contribution in [2.24, 2.45) is 0 Å². The summed E-state index contributed by atoms with van der Waals surface area (Å²) in [6, 6.07) is 20.8. The molecule has 1 aliphatic heterocycles. The first-order chi connectivity index (χ1) is 15.8. The van der Waals surface area contributed by atoms with Gasteiger partial charge in [0.05, 0.1) is 25.0 Å². The molecule has 172 valence electrons. The number of hydrogen-bond donors (Lipinski definition) is 1. The Hall–Kier alpha value is -3.23. The average Bonchev–Trinajstić information content (AvgIpc) is 2.81. The Morgan fingerprint density at radius 1 is 1.03 bits per heavy atom. The van der Waals surface area contributed by atoms with Crippen LogP contribution >= 0.6 is 11.6 Å². The van der Waals surface area contributed by atoms with E-state index < -0.39 is 10.0 Å². The van der Waals surface area contributed by atoms with Crippen LogP contribution in [0.1, 0.15) is 15.9 Å². The maximum absolute atomic E-state index is 12.6. The second kappa shape index (κ2) is 9.72. The van der Waals surface area contributed by atoms with Crippen molar-refractivity contribution in [3.63, 3.8) is 0 Å². The van der Waals surface area contributed by atoms with E-state index in [2.05, 4.69) is 5.32 Å². The molecule has 0 aromatic heterocycles. The van der Waals surface area contributed by atoms with Crippen molar-refractivity contribution in [1.29, 1.82) is 0 Å². The van der Waals surface area contributed by atoms with Crippen LogP contribution < -0.4 is 19.1 Å². The first-order valence-corrected chi connectivity index (χ1v) is 12.5. The average molecular weight is 487 g/mol. The highest BCUT2D eigenvalue weighted by atomic mass is 35.5. The highest BCUT2D eigenvalue weighted by Gasteiger charge is 2.22. The molecule has 0 saturated heterocycles. The summed E-state index contributed by atoms with van der Waals surface area (Å²) in [5.74, 6) is 1.05. The van der Waals surface area contributed by atoms with Gasteiger partial charge >= 0.3 is 0 Å². The zero-order chi connectivity index (χ0) is 23.4. The Kier molecular flexibility index (Phi) is 6.76. The molecule has 1 heterocycles. The van der Waals surface area contributed by atoms with Crippen molar-refractivity contribution in [2.75, 3.05) is 23.7 Å². The summed E-state index contributed by atoms with van der Waals surface area (Å²) in [5, 5.41) is 3.41. The molecule has 0 fully saturated rings. The quantitative estimate of drug-likeness (QED) is 0.548. The summed E-state index contributed by atoms with van der Waals surface area (Å²) < 4.78 is 37.6. The summed E-state index contributed by atoms with van der Waals surface area (Å²) in [5.41, 5.74) is 1.67. The van der Waals surface area contributed by atoms with E-state index in [9.17, 15) is 13.2 Å². The summed E-state index contributed by atoms with van der Waals surface area (Å²) in [7, 11) is -3.54. The van der Waals surface area contributed by atoms with E-state index in [1.54, 1.807) is 48.5 Å². The van der Waals surface area contributed by atoms with Crippen molar-refractivity contribution in [2.45, 2.75) is 12.6 Å². The molecule has 0 unspecified atom stereocenters. The Labute approximate surface area is 197 Å². The van der Waals surface area contributed by atoms with Crippen LogP contribution in [0.3, 0.4) is 0 Å². The SMILES string of the molecule is CS(=O)(=O)N(Cc1ccc(Cl)cc1)c1ccc(C(=O)NC[C@@H]2COc3ccccc3O2)cc1. The predicted molar refractivity (Wildman–Crippen MR) is 128 cm³/mol. The van der Waals surface area contributed by atoms with Crippen molar-refractivity contribution >= 4 is 33.2 Å². The molecule has 4 rings (SSSR count). The van der Waals surface area contributed by atoms with Crippen molar-refractivity contribution in [3.05, 3.63) is 88.9 Å². The first kappa shape index (κ1) is 22.9. The van der Waals surface area contributed by atoms with Gasteiger partial charge in [0, 0.05) is 10.6 Å². The third-order valence-corrected chi connectivity index (χ3v) is 6.51. The van der Waals surface area contributed by atoms with E-state index in [1.807, 2.05) is 24.3 Å². The molecule has 1 N–H and O–H groups in total. The van der Waals surface area contributed by atoms with Crippen molar-refractivity contribution in [3.8, 4) is 11.5 Å². The normalized spacial score (nSPS) is 15.0. The fourth-order valence-corrected chi connectivity index (χ4v) is 4.42. The van der Waals surface area contributed by atoms with Crippen LogP contribution in [0.4, 0.5) is 5.69 Å². The van der Waals surface area contributed by atoms with Gasteiger partial charge in [0.2, 0.25) is 10.0 Å². The topological polar surface area (TPSA) is 84.9 Å². The number of para-hydroxylation sites is 2. The molecule has 0 spiro atoms. The van der Waals surface area contributed by atoms with E-state index in [0.29, 0.717) is 34.4 Å². The van der Waals surface area contributed by atoms with Gasteiger partial charge in [-0.2, -0.15) is 0 Å². The van der Waals surface area contributed by atoms with Crippen molar-refractivity contribution in [1.82, 2.24) is 5.32 Å².